The smallest absolute Gasteiger partial charge is 0.248 e. The van der Waals surface area contributed by atoms with Gasteiger partial charge in [-0.05, 0) is 29.0 Å². The van der Waals surface area contributed by atoms with Crippen molar-refractivity contribution in [3.05, 3.63) is 34.9 Å². The van der Waals surface area contributed by atoms with Crippen molar-refractivity contribution in [1.29, 1.82) is 0 Å². The van der Waals surface area contributed by atoms with E-state index in [1.807, 2.05) is 12.1 Å². The van der Waals surface area contributed by atoms with Crippen LogP contribution >= 0.6 is 0 Å². The summed E-state index contributed by atoms with van der Waals surface area (Å²) < 4.78 is 0. The molecule has 82 valence electrons. The molecule has 0 atom stereocenters. The summed E-state index contributed by atoms with van der Waals surface area (Å²) in [5.41, 5.74) is 8.29. The van der Waals surface area contributed by atoms with Crippen LogP contribution in [0.3, 0.4) is 0 Å². The Morgan fingerprint density at radius 2 is 1.73 bits per heavy atom. The third kappa shape index (κ3) is 2.58. The van der Waals surface area contributed by atoms with Gasteiger partial charge < -0.3 is 5.73 Å². The zero-order valence-electron chi connectivity index (χ0n) is 9.87. The maximum atomic E-state index is 11.2. The van der Waals surface area contributed by atoms with Gasteiger partial charge in [0.05, 0.1) is 0 Å². The van der Waals surface area contributed by atoms with E-state index >= 15 is 0 Å². The van der Waals surface area contributed by atoms with E-state index in [-0.39, 0.29) is 5.91 Å². The second-order valence-electron chi connectivity index (χ2n) is 4.52. The molecule has 2 N–H and O–H groups in total. The first-order valence-corrected chi connectivity index (χ1v) is 5.37. The predicted octanol–water partition coefficient (Wildman–Crippen LogP) is 3.03. The van der Waals surface area contributed by atoms with Crippen molar-refractivity contribution < 1.29 is 4.79 Å². The molecule has 0 heterocycles. The van der Waals surface area contributed by atoms with Gasteiger partial charge in [-0.15, -0.1) is 0 Å². The van der Waals surface area contributed by atoms with Crippen LogP contribution in [0.4, 0.5) is 0 Å². The maximum Gasteiger partial charge on any atom is 0.248 e. The van der Waals surface area contributed by atoms with Crippen molar-refractivity contribution in [2.45, 2.75) is 39.5 Å². The zero-order valence-corrected chi connectivity index (χ0v) is 9.87. The molecule has 0 spiro atoms. The van der Waals surface area contributed by atoms with Crippen molar-refractivity contribution in [3.8, 4) is 0 Å². The summed E-state index contributed by atoms with van der Waals surface area (Å²) in [6.07, 6.45) is 0. The number of hydrogen-bond donors (Lipinski definition) is 1. The Hall–Kier alpha value is -1.31. The van der Waals surface area contributed by atoms with Crippen LogP contribution in [0.25, 0.3) is 0 Å². The summed E-state index contributed by atoms with van der Waals surface area (Å²) in [4.78, 5) is 11.2. The molecular formula is C13H19NO. The van der Waals surface area contributed by atoms with Gasteiger partial charge in [0, 0.05) is 5.56 Å². The summed E-state index contributed by atoms with van der Waals surface area (Å²) in [7, 11) is 0. The van der Waals surface area contributed by atoms with Crippen LogP contribution < -0.4 is 5.73 Å². The van der Waals surface area contributed by atoms with Gasteiger partial charge in [-0.3, -0.25) is 4.79 Å². The van der Waals surface area contributed by atoms with Crippen molar-refractivity contribution in [2.75, 3.05) is 0 Å². The van der Waals surface area contributed by atoms with Crippen LogP contribution in [0.15, 0.2) is 18.2 Å². The molecule has 0 aliphatic rings. The van der Waals surface area contributed by atoms with E-state index in [0.717, 1.165) is 5.56 Å². The number of hydrogen-bond acceptors (Lipinski definition) is 1. The van der Waals surface area contributed by atoms with Crippen molar-refractivity contribution in [3.63, 3.8) is 0 Å². The second-order valence-corrected chi connectivity index (χ2v) is 4.52. The van der Waals surface area contributed by atoms with Crippen molar-refractivity contribution in [2.24, 2.45) is 5.73 Å². The summed E-state index contributed by atoms with van der Waals surface area (Å²) in [5.74, 6) is 0.463. The molecular weight excluding hydrogens is 186 g/mol. The molecule has 0 saturated heterocycles. The van der Waals surface area contributed by atoms with Crippen LogP contribution in [0, 0.1) is 0 Å². The number of rotatable bonds is 3. The van der Waals surface area contributed by atoms with Gasteiger partial charge in [-0.2, -0.15) is 0 Å². The average Bonchev–Trinajstić information content (AvgIpc) is 2.16. The lowest BCUT2D eigenvalue weighted by atomic mass is 9.91. The Morgan fingerprint density at radius 1 is 1.13 bits per heavy atom. The summed E-state index contributed by atoms with van der Waals surface area (Å²) in [6.45, 7) is 8.44. The van der Waals surface area contributed by atoms with E-state index < -0.39 is 0 Å². The fourth-order valence-corrected chi connectivity index (χ4v) is 1.64. The molecule has 0 aliphatic carbocycles. The molecule has 2 nitrogen and oxygen atoms in total. The third-order valence-electron chi connectivity index (χ3n) is 2.63. The fourth-order valence-electron chi connectivity index (χ4n) is 1.64. The van der Waals surface area contributed by atoms with Gasteiger partial charge in [0.1, 0.15) is 0 Å². The van der Waals surface area contributed by atoms with Crippen LogP contribution in [0.2, 0.25) is 0 Å². The molecule has 1 rings (SSSR count). The van der Waals surface area contributed by atoms with Gasteiger partial charge >= 0.3 is 0 Å². The molecule has 0 radical (unpaired) electrons. The minimum absolute atomic E-state index is 0.325. The Balaban J connectivity index is 3.27. The van der Waals surface area contributed by atoms with Gasteiger partial charge in [-0.25, -0.2) is 0 Å². The standard InChI is InChI=1S/C13H19NO/c1-8(2)10-5-6-11(13(14)15)12(7-10)9(3)4/h5-9H,1-4H3,(H2,14,15). The lowest BCUT2D eigenvalue weighted by Crippen LogP contribution is -2.14. The second kappa shape index (κ2) is 4.47. The topological polar surface area (TPSA) is 43.1 Å². The summed E-state index contributed by atoms with van der Waals surface area (Å²) >= 11 is 0. The highest BCUT2D eigenvalue weighted by atomic mass is 16.1. The van der Waals surface area contributed by atoms with E-state index in [9.17, 15) is 4.79 Å². The molecule has 0 bridgehead atoms. The molecule has 15 heavy (non-hydrogen) atoms. The van der Waals surface area contributed by atoms with E-state index in [1.54, 1.807) is 0 Å². The van der Waals surface area contributed by atoms with E-state index in [2.05, 4.69) is 33.8 Å². The first-order valence-electron chi connectivity index (χ1n) is 5.37. The zero-order chi connectivity index (χ0) is 11.6. The molecule has 1 aromatic carbocycles. The third-order valence-corrected chi connectivity index (χ3v) is 2.63. The summed E-state index contributed by atoms with van der Waals surface area (Å²) in [5, 5.41) is 0. The average molecular weight is 205 g/mol. The summed E-state index contributed by atoms with van der Waals surface area (Å²) in [6, 6.07) is 5.92. The van der Waals surface area contributed by atoms with Crippen molar-refractivity contribution >= 4 is 5.91 Å². The molecule has 0 aliphatic heterocycles. The normalized spacial score (nSPS) is 11.1. The largest absolute Gasteiger partial charge is 0.366 e. The molecule has 0 saturated carbocycles. The number of carbonyl (C=O) groups excluding carboxylic acids is 1. The number of benzene rings is 1. The first kappa shape index (κ1) is 11.8. The molecule has 0 aromatic heterocycles. The molecule has 0 fully saturated rings. The molecule has 1 amide bonds. The monoisotopic (exact) mass is 205 g/mol. The van der Waals surface area contributed by atoms with Gasteiger partial charge in [-0.1, -0.05) is 39.8 Å². The fraction of sp³-hybridized carbons (Fsp3) is 0.462. The van der Waals surface area contributed by atoms with Crippen LogP contribution in [-0.4, -0.2) is 5.91 Å². The molecule has 1 aromatic rings. The minimum atomic E-state index is -0.339. The van der Waals surface area contributed by atoms with Crippen LogP contribution in [-0.2, 0) is 0 Å². The Bertz CT molecular complexity index is 367. The van der Waals surface area contributed by atoms with E-state index in [0.29, 0.717) is 17.4 Å². The number of carbonyl (C=O) groups is 1. The number of amides is 1. The van der Waals surface area contributed by atoms with Gasteiger partial charge in [0.15, 0.2) is 0 Å². The number of primary amides is 1. The Morgan fingerprint density at radius 3 is 2.13 bits per heavy atom. The van der Waals surface area contributed by atoms with Crippen LogP contribution in [0.1, 0.15) is 61.0 Å². The van der Waals surface area contributed by atoms with Gasteiger partial charge in [0.25, 0.3) is 0 Å². The van der Waals surface area contributed by atoms with Crippen molar-refractivity contribution in [1.82, 2.24) is 0 Å². The highest BCUT2D eigenvalue weighted by Gasteiger charge is 2.12. The lowest BCUT2D eigenvalue weighted by Gasteiger charge is -2.14. The van der Waals surface area contributed by atoms with E-state index in [4.69, 9.17) is 5.73 Å². The highest BCUT2D eigenvalue weighted by molar-refractivity contribution is 5.94. The molecule has 0 unspecified atom stereocenters. The maximum absolute atomic E-state index is 11.2. The van der Waals surface area contributed by atoms with Gasteiger partial charge in [0.2, 0.25) is 5.91 Å². The quantitative estimate of drug-likeness (QED) is 0.809. The lowest BCUT2D eigenvalue weighted by molar-refractivity contribution is 0.0999. The SMILES string of the molecule is CC(C)c1ccc(C(N)=O)c(C(C)C)c1. The molecule has 2 heteroatoms. The van der Waals surface area contributed by atoms with E-state index in [1.165, 1.54) is 5.56 Å². The highest BCUT2D eigenvalue weighted by Crippen LogP contribution is 2.24. The van der Waals surface area contributed by atoms with Crippen LogP contribution in [0.5, 0.6) is 0 Å². The number of nitrogens with two attached hydrogens (primary N) is 1. The Kier molecular flexibility index (Phi) is 3.51. The first-order chi connectivity index (χ1) is 6.93. The Labute approximate surface area is 91.5 Å². The predicted molar refractivity (Wildman–Crippen MR) is 63.1 cm³/mol. The minimum Gasteiger partial charge on any atom is -0.366 e.